The van der Waals surface area contributed by atoms with Crippen LogP contribution >= 0.6 is 0 Å². The van der Waals surface area contributed by atoms with Crippen molar-refractivity contribution in [2.45, 2.75) is 51.5 Å². The van der Waals surface area contributed by atoms with Crippen molar-refractivity contribution in [2.75, 3.05) is 38.0 Å². The van der Waals surface area contributed by atoms with Gasteiger partial charge in [0.1, 0.15) is 0 Å². The van der Waals surface area contributed by atoms with Crippen LogP contribution in [0, 0.1) is 0 Å². The fraction of sp³-hybridized carbons (Fsp3) is 0.619. The van der Waals surface area contributed by atoms with Crippen LogP contribution in [0.5, 0.6) is 0 Å². The number of anilines is 1. The minimum absolute atomic E-state index is 0.107. The Labute approximate surface area is 162 Å². The van der Waals surface area contributed by atoms with Crippen molar-refractivity contribution in [1.82, 2.24) is 15.1 Å². The van der Waals surface area contributed by atoms with Crippen molar-refractivity contribution >= 4 is 17.6 Å². The topological polar surface area (TPSA) is 64.7 Å². The first-order valence-corrected chi connectivity index (χ1v) is 10.4. The lowest BCUT2D eigenvalue weighted by atomic mass is 10.1. The zero-order valence-corrected chi connectivity index (χ0v) is 16.4. The van der Waals surface area contributed by atoms with Gasteiger partial charge in [0.25, 0.3) is 5.91 Å². The van der Waals surface area contributed by atoms with Crippen LogP contribution in [0.25, 0.3) is 0 Å². The molecule has 0 unspecified atom stereocenters. The van der Waals surface area contributed by atoms with Crippen LogP contribution in [-0.4, -0.2) is 60.5 Å². The maximum atomic E-state index is 12.9. The highest BCUT2D eigenvalue weighted by atomic mass is 16.2. The van der Waals surface area contributed by atoms with Crippen LogP contribution in [0.15, 0.2) is 24.3 Å². The molecular formula is C21H32N4O2. The van der Waals surface area contributed by atoms with Crippen LogP contribution in [0.3, 0.4) is 0 Å². The highest BCUT2D eigenvalue weighted by Gasteiger charge is 2.31. The Hall–Kier alpha value is -2.08. The molecule has 1 atom stereocenters. The fourth-order valence-corrected chi connectivity index (χ4v) is 3.97. The molecule has 6 heteroatoms. The standard InChI is InChI=1S/C21H32N4O2/c1-2-3-12-22-21(27)23-18-10-8-17(9-11-18)20(26)25-15-6-7-19(25)16-24-13-4-5-14-24/h8-11,19H,2-7,12-16H2,1H3,(H2,22,23,27)/t19-/m0/s1. The molecule has 0 aliphatic carbocycles. The maximum absolute atomic E-state index is 12.9. The van der Waals surface area contributed by atoms with E-state index in [0.717, 1.165) is 38.8 Å². The molecule has 1 aromatic rings. The van der Waals surface area contributed by atoms with Crippen molar-refractivity contribution in [3.8, 4) is 0 Å². The molecule has 2 heterocycles. The molecule has 3 rings (SSSR count). The highest BCUT2D eigenvalue weighted by Crippen LogP contribution is 2.23. The molecule has 0 aromatic heterocycles. The molecule has 0 radical (unpaired) electrons. The van der Waals surface area contributed by atoms with E-state index in [1.165, 1.54) is 25.9 Å². The van der Waals surface area contributed by atoms with Crippen LogP contribution in [0.4, 0.5) is 10.5 Å². The molecule has 1 aromatic carbocycles. The van der Waals surface area contributed by atoms with Gasteiger partial charge in [-0.2, -0.15) is 0 Å². The van der Waals surface area contributed by atoms with Gasteiger partial charge in [-0.3, -0.25) is 4.79 Å². The van der Waals surface area contributed by atoms with Gasteiger partial charge in [0.05, 0.1) is 0 Å². The van der Waals surface area contributed by atoms with Crippen molar-refractivity contribution in [3.05, 3.63) is 29.8 Å². The van der Waals surface area contributed by atoms with E-state index in [-0.39, 0.29) is 11.9 Å². The second-order valence-corrected chi connectivity index (χ2v) is 7.61. The number of carbonyl (C=O) groups is 2. The van der Waals surface area contributed by atoms with E-state index < -0.39 is 0 Å². The molecule has 2 N–H and O–H groups in total. The summed E-state index contributed by atoms with van der Waals surface area (Å²) in [7, 11) is 0. The average Bonchev–Trinajstić information content (AvgIpc) is 3.34. The molecule has 2 saturated heterocycles. The van der Waals surface area contributed by atoms with Crippen molar-refractivity contribution in [1.29, 1.82) is 0 Å². The van der Waals surface area contributed by atoms with E-state index in [1.807, 2.05) is 17.0 Å². The van der Waals surface area contributed by atoms with Crippen LogP contribution in [-0.2, 0) is 0 Å². The van der Waals surface area contributed by atoms with Gasteiger partial charge in [-0.15, -0.1) is 0 Å². The normalized spacial score (nSPS) is 20.0. The van der Waals surface area contributed by atoms with Crippen LogP contribution in [0.2, 0.25) is 0 Å². The van der Waals surface area contributed by atoms with Gasteiger partial charge < -0.3 is 20.4 Å². The average molecular weight is 373 g/mol. The molecular weight excluding hydrogens is 340 g/mol. The lowest BCUT2D eigenvalue weighted by molar-refractivity contribution is 0.0709. The summed E-state index contributed by atoms with van der Waals surface area (Å²) in [4.78, 5) is 29.3. The number of nitrogens with one attached hydrogen (secondary N) is 2. The fourth-order valence-electron chi connectivity index (χ4n) is 3.97. The van der Waals surface area contributed by atoms with Crippen molar-refractivity contribution in [3.63, 3.8) is 0 Å². The summed E-state index contributed by atoms with van der Waals surface area (Å²) in [5.41, 5.74) is 1.40. The molecule has 6 nitrogen and oxygen atoms in total. The number of hydrogen-bond donors (Lipinski definition) is 2. The van der Waals surface area contributed by atoms with Crippen molar-refractivity contribution < 1.29 is 9.59 Å². The Balaban J connectivity index is 1.54. The smallest absolute Gasteiger partial charge is 0.319 e. The number of likely N-dealkylation sites (tertiary alicyclic amines) is 2. The number of unbranched alkanes of at least 4 members (excludes halogenated alkanes) is 1. The number of nitrogens with zero attached hydrogens (tertiary/aromatic N) is 2. The van der Waals surface area contributed by atoms with Gasteiger partial charge in [0, 0.05) is 36.9 Å². The first-order valence-electron chi connectivity index (χ1n) is 10.4. The molecule has 0 saturated carbocycles. The maximum Gasteiger partial charge on any atom is 0.319 e. The lowest BCUT2D eigenvalue weighted by Crippen LogP contribution is -2.42. The molecule has 0 bridgehead atoms. The molecule has 2 fully saturated rings. The SMILES string of the molecule is CCCCNC(=O)Nc1ccc(C(=O)N2CCC[C@H]2CN2CCCC2)cc1. The Morgan fingerprint density at radius 1 is 1.07 bits per heavy atom. The molecule has 0 spiro atoms. The summed E-state index contributed by atoms with van der Waals surface area (Å²) in [6, 6.07) is 7.37. The Bertz CT molecular complexity index is 626. The third-order valence-corrected chi connectivity index (χ3v) is 5.51. The van der Waals surface area contributed by atoms with E-state index in [1.54, 1.807) is 12.1 Å². The van der Waals surface area contributed by atoms with Crippen LogP contribution in [0.1, 0.15) is 55.8 Å². The number of rotatable bonds is 7. The van der Waals surface area contributed by atoms with Gasteiger partial charge in [0.15, 0.2) is 0 Å². The summed E-state index contributed by atoms with van der Waals surface area (Å²) in [6.07, 6.45) is 6.76. The lowest BCUT2D eigenvalue weighted by Gasteiger charge is -2.28. The Morgan fingerprint density at radius 3 is 2.52 bits per heavy atom. The zero-order valence-electron chi connectivity index (χ0n) is 16.4. The summed E-state index contributed by atoms with van der Waals surface area (Å²) in [5, 5.41) is 5.64. The number of carbonyl (C=O) groups excluding carboxylic acids is 2. The molecule has 2 aliphatic heterocycles. The first kappa shape index (κ1) is 19.7. The molecule has 148 valence electrons. The van der Waals surface area contributed by atoms with E-state index in [4.69, 9.17) is 0 Å². The van der Waals surface area contributed by atoms with Gasteiger partial charge in [-0.25, -0.2) is 4.79 Å². The van der Waals surface area contributed by atoms with Gasteiger partial charge in [-0.05, 0) is 69.5 Å². The highest BCUT2D eigenvalue weighted by molar-refractivity contribution is 5.96. The van der Waals surface area contributed by atoms with Gasteiger partial charge in [0.2, 0.25) is 0 Å². The second-order valence-electron chi connectivity index (χ2n) is 7.61. The number of amides is 3. The number of urea groups is 1. The van der Waals surface area contributed by atoms with E-state index >= 15 is 0 Å². The van der Waals surface area contributed by atoms with E-state index in [2.05, 4.69) is 22.5 Å². The second kappa shape index (κ2) is 9.74. The van der Waals surface area contributed by atoms with E-state index in [0.29, 0.717) is 23.8 Å². The molecule has 3 amide bonds. The first-order chi connectivity index (χ1) is 13.2. The zero-order chi connectivity index (χ0) is 19.1. The molecule has 27 heavy (non-hydrogen) atoms. The summed E-state index contributed by atoms with van der Waals surface area (Å²) in [6.45, 7) is 6.94. The number of benzene rings is 1. The Kier molecular flexibility index (Phi) is 7.10. The predicted octanol–water partition coefficient (Wildman–Crippen LogP) is 3.31. The largest absolute Gasteiger partial charge is 0.338 e. The summed E-state index contributed by atoms with van der Waals surface area (Å²) >= 11 is 0. The van der Waals surface area contributed by atoms with Crippen LogP contribution < -0.4 is 10.6 Å². The van der Waals surface area contributed by atoms with Gasteiger partial charge in [-0.1, -0.05) is 13.3 Å². The Morgan fingerprint density at radius 2 is 1.81 bits per heavy atom. The number of hydrogen-bond acceptors (Lipinski definition) is 3. The van der Waals surface area contributed by atoms with Gasteiger partial charge >= 0.3 is 6.03 Å². The van der Waals surface area contributed by atoms with E-state index in [9.17, 15) is 9.59 Å². The third-order valence-electron chi connectivity index (χ3n) is 5.51. The monoisotopic (exact) mass is 372 g/mol. The third kappa shape index (κ3) is 5.45. The minimum Gasteiger partial charge on any atom is -0.338 e. The summed E-state index contributed by atoms with van der Waals surface area (Å²) in [5.74, 6) is 0.107. The predicted molar refractivity (Wildman–Crippen MR) is 108 cm³/mol. The quantitative estimate of drug-likeness (QED) is 0.722. The summed E-state index contributed by atoms with van der Waals surface area (Å²) < 4.78 is 0. The van der Waals surface area contributed by atoms with Crippen molar-refractivity contribution in [2.24, 2.45) is 0 Å². The minimum atomic E-state index is -0.201. The molecule has 2 aliphatic rings.